The molecule has 0 atom stereocenters. The summed E-state index contributed by atoms with van der Waals surface area (Å²) in [6.45, 7) is 3.25. The van der Waals surface area contributed by atoms with Crippen molar-refractivity contribution in [1.82, 2.24) is 0 Å². The van der Waals surface area contributed by atoms with E-state index in [1.165, 1.54) is 18.2 Å². The summed E-state index contributed by atoms with van der Waals surface area (Å²) in [5.74, 6) is -1.86. The normalized spacial score (nSPS) is 10.1. The van der Waals surface area contributed by atoms with Crippen molar-refractivity contribution in [2.45, 2.75) is 13.8 Å². The number of hydrogen-bond acceptors (Lipinski definition) is 5. The maximum absolute atomic E-state index is 12.1. The monoisotopic (exact) mass is 299 g/mol. The van der Waals surface area contributed by atoms with Crippen LogP contribution in [0, 0.1) is 24.0 Å². The van der Waals surface area contributed by atoms with Crippen LogP contribution in [0.4, 0.5) is 5.69 Å². The minimum absolute atomic E-state index is 0.213. The SMILES string of the molecule is Cc1ccccc1C(=O)OC(=O)c1c(C)cccc1[N+](=O)[O-]. The summed E-state index contributed by atoms with van der Waals surface area (Å²) < 4.78 is 4.79. The zero-order chi connectivity index (χ0) is 16.3. The third-order valence-electron chi connectivity index (χ3n) is 3.20. The maximum atomic E-state index is 12.1. The topological polar surface area (TPSA) is 86.5 Å². The van der Waals surface area contributed by atoms with Crippen molar-refractivity contribution in [3.8, 4) is 0 Å². The Morgan fingerprint density at radius 2 is 1.59 bits per heavy atom. The summed E-state index contributed by atoms with van der Waals surface area (Å²) in [5.41, 5.74) is 0.667. The highest BCUT2D eigenvalue weighted by atomic mass is 16.6. The number of aryl methyl sites for hydroxylation is 2. The van der Waals surface area contributed by atoms with E-state index in [9.17, 15) is 19.7 Å². The second-order valence-corrected chi connectivity index (χ2v) is 4.72. The van der Waals surface area contributed by atoms with E-state index in [-0.39, 0.29) is 16.8 Å². The predicted octanol–water partition coefficient (Wildman–Crippen LogP) is 3.21. The molecule has 0 heterocycles. The molecule has 0 radical (unpaired) electrons. The zero-order valence-electron chi connectivity index (χ0n) is 12.0. The molecule has 0 aromatic heterocycles. The average Bonchev–Trinajstić information content (AvgIpc) is 2.46. The van der Waals surface area contributed by atoms with Gasteiger partial charge in [-0.3, -0.25) is 10.1 Å². The smallest absolute Gasteiger partial charge is 0.353 e. The quantitative estimate of drug-likeness (QED) is 0.376. The first-order valence-electron chi connectivity index (χ1n) is 6.48. The van der Waals surface area contributed by atoms with Crippen molar-refractivity contribution in [2.75, 3.05) is 0 Å². The number of nitro groups is 1. The molecule has 0 aliphatic heterocycles. The number of hydrogen-bond donors (Lipinski definition) is 0. The van der Waals surface area contributed by atoms with E-state index in [4.69, 9.17) is 4.74 Å². The van der Waals surface area contributed by atoms with Crippen molar-refractivity contribution in [3.05, 3.63) is 74.8 Å². The first kappa shape index (κ1) is 15.4. The number of carbonyl (C=O) groups is 2. The summed E-state index contributed by atoms with van der Waals surface area (Å²) >= 11 is 0. The molecule has 22 heavy (non-hydrogen) atoms. The van der Waals surface area contributed by atoms with Crippen molar-refractivity contribution in [2.24, 2.45) is 0 Å². The Labute approximate surface area is 126 Å². The molecule has 0 saturated heterocycles. The highest BCUT2D eigenvalue weighted by molar-refractivity contribution is 6.05. The standard InChI is InChI=1S/C16H13NO5/c1-10-6-3-4-8-12(10)15(18)22-16(19)14-11(2)7-5-9-13(14)17(20)21/h3-9H,1-2H3. The van der Waals surface area contributed by atoms with E-state index in [0.29, 0.717) is 11.1 Å². The third-order valence-corrected chi connectivity index (χ3v) is 3.20. The first-order valence-corrected chi connectivity index (χ1v) is 6.48. The molecule has 112 valence electrons. The number of benzene rings is 2. The van der Waals surface area contributed by atoms with E-state index in [0.717, 1.165) is 0 Å². The van der Waals surface area contributed by atoms with Crippen LogP contribution in [0.2, 0.25) is 0 Å². The molecule has 0 spiro atoms. The molecule has 0 saturated carbocycles. The van der Waals surface area contributed by atoms with E-state index >= 15 is 0 Å². The minimum Gasteiger partial charge on any atom is -0.385 e. The predicted molar refractivity (Wildman–Crippen MR) is 78.8 cm³/mol. The van der Waals surface area contributed by atoms with Gasteiger partial charge in [0.2, 0.25) is 0 Å². The van der Waals surface area contributed by atoms with Gasteiger partial charge in [-0.05, 0) is 31.0 Å². The molecule has 2 rings (SSSR count). The van der Waals surface area contributed by atoms with Crippen molar-refractivity contribution < 1.29 is 19.2 Å². The van der Waals surface area contributed by atoms with E-state index < -0.39 is 16.9 Å². The Morgan fingerprint density at radius 3 is 2.23 bits per heavy atom. The van der Waals surface area contributed by atoms with Gasteiger partial charge in [-0.1, -0.05) is 30.3 Å². The lowest BCUT2D eigenvalue weighted by atomic mass is 10.1. The van der Waals surface area contributed by atoms with Gasteiger partial charge in [0.25, 0.3) is 5.69 Å². The third kappa shape index (κ3) is 3.01. The molecule has 2 aromatic carbocycles. The Hall–Kier alpha value is -3.02. The highest BCUT2D eigenvalue weighted by Gasteiger charge is 2.26. The van der Waals surface area contributed by atoms with Gasteiger partial charge in [0.05, 0.1) is 10.5 Å². The maximum Gasteiger partial charge on any atom is 0.353 e. The molecular formula is C16H13NO5. The van der Waals surface area contributed by atoms with Crippen LogP contribution in [0.15, 0.2) is 42.5 Å². The Bertz CT molecular complexity index is 767. The van der Waals surface area contributed by atoms with Crippen LogP contribution in [0.5, 0.6) is 0 Å². The lowest BCUT2D eigenvalue weighted by molar-refractivity contribution is -0.385. The molecule has 0 bridgehead atoms. The summed E-state index contributed by atoms with van der Waals surface area (Å²) in [5, 5.41) is 11.0. The van der Waals surface area contributed by atoms with E-state index in [2.05, 4.69) is 0 Å². The lowest BCUT2D eigenvalue weighted by Gasteiger charge is -2.07. The van der Waals surface area contributed by atoms with Crippen LogP contribution < -0.4 is 0 Å². The van der Waals surface area contributed by atoms with Gasteiger partial charge in [-0.15, -0.1) is 0 Å². The Balaban J connectivity index is 2.33. The Kier molecular flexibility index (Phi) is 4.31. The van der Waals surface area contributed by atoms with E-state index in [1.807, 2.05) is 0 Å². The van der Waals surface area contributed by atoms with Gasteiger partial charge < -0.3 is 4.74 Å². The van der Waals surface area contributed by atoms with Gasteiger partial charge in [0, 0.05) is 6.07 Å². The molecule has 2 aromatic rings. The highest BCUT2D eigenvalue weighted by Crippen LogP contribution is 2.23. The summed E-state index contributed by atoms with van der Waals surface area (Å²) in [6, 6.07) is 10.8. The van der Waals surface area contributed by atoms with Gasteiger partial charge in [0.15, 0.2) is 0 Å². The van der Waals surface area contributed by atoms with Gasteiger partial charge >= 0.3 is 11.9 Å². The fourth-order valence-electron chi connectivity index (χ4n) is 2.06. The van der Waals surface area contributed by atoms with Crippen LogP contribution >= 0.6 is 0 Å². The van der Waals surface area contributed by atoms with Crippen LogP contribution in [-0.2, 0) is 4.74 Å². The molecule has 0 amide bonds. The molecule has 0 aliphatic carbocycles. The first-order chi connectivity index (χ1) is 10.4. The number of ether oxygens (including phenoxy) is 1. The minimum atomic E-state index is -1.03. The molecule has 6 heteroatoms. The fraction of sp³-hybridized carbons (Fsp3) is 0.125. The van der Waals surface area contributed by atoms with E-state index in [1.54, 1.807) is 38.1 Å². The zero-order valence-corrected chi connectivity index (χ0v) is 12.0. The van der Waals surface area contributed by atoms with Crippen LogP contribution in [0.3, 0.4) is 0 Å². The summed E-state index contributed by atoms with van der Waals surface area (Å²) in [7, 11) is 0. The Morgan fingerprint density at radius 1 is 0.955 bits per heavy atom. The fourth-order valence-corrected chi connectivity index (χ4v) is 2.06. The van der Waals surface area contributed by atoms with Crippen LogP contribution in [0.25, 0.3) is 0 Å². The molecule has 0 unspecified atom stereocenters. The lowest BCUT2D eigenvalue weighted by Crippen LogP contribution is -2.16. The average molecular weight is 299 g/mol. The largest absolute Gasteiger partial charge is 0.385 e. The second kappa shape index (κ2) is 6.17. The summed E-state index contributed by atoms with van der Waals surface area (Å²) in [6.07, 6.45) is 0. The van der Waals surface area contributed by atoms with Gasteiger partial charge in [-0.2, -0.15) is 0 Å². The van der Waals surface area contributed by atoms with Crippen LogP contribution in [-0.4, -0.2) is 16.9 Å². The molecular weight excluding hydrogens is 286 g/mol. The molecule has 0 aliphatic rings. The number of rotatable bonds is 3. The number of carbonyl (C=O) groups excluding carboxylic acids is 2. The van der Waals surface area contributed by atoms with Gasteiger partial charge in [-0.25, -0.2) is 9.59 Å². The van der Waals surface area contributed by atoms with Gasteiger partial charge in [0.1, 0.15) is 5.56 Å². The van der Waals surface area contributed by atoms with Crippen molar-refractivity contribution in [1.29, 1.82) is 0 Å². The molecule has 0 N–H and O–H groups in total. The number of esters is 2. The second-order valence-electron chi connectivity index (χ2n) is 4.72. The molecule has 0 fully saturated rings. The summed E-state index contributed by atoms with van der Waals surface area (Å²) in [4.78, 5) is 34.5. The molecule has 6 nitrogen and oxygen atoms in total. The number of nitro benzene ring substituents is 1. The van der Waals surface area contributed by atoms with Crippen molar-refractivity contribution in [3.63, 3.8) is 0 Å². The van der Waals surface area contributed by atoms with Crippen LogP contribution in [0.1, 0.15) is 31.8 Å². The van der Waals surface area contributed by atoms with Crippen molar-refractivity contribution >= 4 is 17.6 Å². The number of nitrogens with zero attached hydrogens (tertiary/aromatic N) is 1.